The third-order valence-corrected chi connectivity index (χ3v) is 3.55. The maximum absolute atomic E-state index is 12.1. The van der Waals surface area contributed by atoms with Gasteiger partial charge in [0, 0.05) is 44.2 Å². The van der Waals surface area contributed by atoms with Crippen LogP contribution in [-0.2, 0) is 6.54 Å². The zero-order valence-electron chi connectivity index (χ0n) is 14.7. The highest BCUT2D eigenvalue weighted by atomic mass is 16.5. The minimum Gasteiger partial charge on any atom is -0.359 e. The maximum atomic E-state index is 12.1. The summed E-state index contributed by atoms with van der Waals surface area (Å²) < 4.78 is 5.32. The minimum absolute atomic E-state index is 0.123. The van der Waals surface area contributed by atoms with Gasteiger partial charge in [-0.1, -0.05) is 12.1 Å². The molecular weight excluding hydrogens is 306 g/mol. The first-order chi connectivity index (χ1) is 11.5. The Labute approximate surface area is 142 Å². The molecule has 7 nitrogen and oxygen atoms in total. The summed E-state index contributed by atoms with van der Waals surface area (Å²) in [5, 5.41) is 6.98. The number of hydrogen-bond acceptors (Lipinski definition) is 5. The second-order valence-corrected chi connectivity index (χ2v) is 6.32. The molecule has 0 saturated carbocycles. The van der Waals surface area contributed by atoms with Crippen molar-refractivity contribution in [2.24, 2.45) is 5.92 Å². The molecule has 2 rings (SSSR count). The summed E-state index contributed by atoms with van der Waals surface area (Å²) in [4.78, 5) is 19.8. The zero-order chi connectivity index (χ0) is 17.5. The SMILES string of the molecule is C[C@@H](CNC(=O)N(C)Cc1cc(-c2ccncc2)no1)CN(C)C. The van der Waals surface area contributed by atoms with E-state index < -0.39 is 0 Å². The quantitative estimate of drug-likeness (QED) is 0.841. The van der Waals surface area contributed by atoms with E-state index in [4.69, 9.17) is 4.52 Å². The summed E-state index contributed by atoms with van der Waals surface area (Å²) in [7, 11) is 5.78. The largest absolute Gasteiger partial charge is 0.359 e. The maximum Gasteiger partial charge on any atom is 0.317 e. The molecule has 0 aliphatic rings. The van der Waals surface area contributed by atoms with Crippen LogP contribution in [-0.4, -0.2) is 60.2 Å². The number of nitrogens with one attached hydrogen (secondary N) is 1. The van der Waals surface area contributed by atoms with E-state index in [1.165, 1.54) is 0 Å². The molecule has 7 heteroatoms. The molecule has 2 aromatic heterocycles. The first kappa shape index (κ1) is 17.9. The average molecular weight is 331 g/mol. The van der Waals surface area contributed by atoms with E-state index in [1.807, 2.05) is 32.3 Å². The fourth-order valence-corrected chi connectivity index (χ4v) is 2.44. The molecule has 0 aliphatic heterocycles. The van der Waals surface area contributed by atoms with Gasteiger partial charge in [-0.25, -0.2) is 4.79 Å². The van der Waals surface area contributed by atoms with Gasteiger partial charge in [-0.3, -0.25) is 4.98 Å². The first-order valence-electron chi connectivity index (χ1n) is 7.95. The minimum atomic E-state index is -0.123. The fraction of sp³-hybridized carbons (Fsp3) is 0.471. The smallest absolute Gasteiger partial charge is 0.317 e. The van der Waals surface area contributed by atoms with Crippen LogP contribution in [0.15, 0.2) is 35.1 Å². The van der Waals surface area contributed by atoms with Gasteiger partial charge in [0.05, 0.1) is 6.54 Å². The lowest BCUT2D eigenvalue weighted by atomic mass is 10.2. The summed E-state index contributed by atoms with van der Waals surface area (Å²) in [6, 6.07) is 5.45. The van der Waals surface area contributed by atoms with Crippen molar-refractivity contribution in [2.45, 2.75) is 13.5 Å². The van der Waals surface area contributed by atoms with Gasteiger partial charge in [0.2, 0.25) is 0 Å². The van der Waals surface area contributed by atoms with E-state index in [-0.39, 0.29) is 6.03 Å². The standard InChI is InChI=1S/C17H25N5O2/c1-13(11-21(2)3)10-19-17(23)22(4)12-15-9-16(20-24-15)14-5-7-18-8-6-14/h5-9,13H,10-12H2,1-4H3,(H,19,23)/t13-/m0/s1. The molecule has 0 fully saturated rings. The topological polar surface area (TPSA) is 74.5 Å². The van der Waals surface area contributed by atoms with Gasteiger partial charge in [0.1, 0.15) is 5.69 Å². The zero-order valence-corrected chi connectivity index (χ0v) is 14.7. The highest BCUT2D eigenvalue weighted by Gasteiger charge is 2.14. The van der Waals surface area contributed by atoms with E-state index in [1.54, 1.807) is 24.3 Å². The molecule has 130 valence electrons. The third-order valence-electron chi connectivity index (χ3n) is 3.55. The number of pyridine rings is 1. The average Bonchev–Trinajstić information content (AvgIpc) is 3.01. The lowest BCUT2D eigenvalue weighted by Crippen LogP contribution is -2.40. The van der Waals surface area contributed by atoms with Crippen molar-refractivity contribution >= 4 is 6.03 Å². The molecule has 24 heavy (non-hydrogen) atoms. The molecular formula is C17H25N5O2. The van der Waals surface area contributed by atoms with E-state index in [0.717, 1.165) is 17.8 Å². The van der Waals surface area contributed by atoms with Crippen molar-refractivity contribution < 1.29 is 9.32 Å². The van der Waals surface area contributed by atoms with Gasteiger partial charge in [-0.05, 0) is 32.1 Å². The molecule has 1 N–H and O–H groups in total. The lowest BCUT2D eigenvalue weighted by Gasteiger charge is -2.20. The van der Waals surface area contributed by atoms with Crippen molar-refractivity contribution in [3.8, 4) is 11.3 Å². The van der Waals surface area contributed by atoms with Crippen molar-refractivity contribution in [3.05, 3.63) is 36.4 Å². The summed E-state index contributed by atoms with van der Waals surface area (Å²) in [6.45, 7) is 4.05. The van der Waals surface area contributed by atoms with E-state index in [2.05, 4.69) is 27.3 Å². The fourth-order valence-electron chi connectivity index (χ4n) is 2.44. The number of urea groups is 1. The van der Waals surface area contributed by atoms with E-state index in [0.29, 0.717) is 24.8 Å². The second-order valence-electron chi connectivity index (χ2n) is 6.32. The molecule has 0 bridgehead atoms. The van der Waals surface area contributed by atoms with E-state index >= 15 is 0 Å². The molecule has 0 saturated heterocycles. The molecule has 0 unspecified atom stereocenters. The molecule has 2 heterocycles. The van der Waals surface area contributed by atoms with Gasteiger partial charge in [0.15, 0.2) is 5.76 Å². The van der Waals surface area contributed by atoms with Crippen LogP contribution < -0.4 is 5.32 Å². The molecule has 2 aromatic rings. The van der Waals surface area contributed by atoms with Crippen molar-refractivity contribution in [2.75, 3.05) is 34.2 Å². The van der Waals surface area contributed by atoms with E-state index in [9.17, 15) is 4.79 Å². The Morgan fingerprint density at radius 3 is 2.67 bits per heavy atom. The Hall–Kier alpha value is -2.41. The number of amides is 2. The van der Waals surface area contributed by atoms with Crippen LogP contribution >= 0.6 is 0 Å². The number of nitrogens with zero attached hydrogens (tertiary/aromatic N) is 4. The number of hydrogen-bond donors (Lipinski definition) is 1. The second kappa shape index (κ2) is 8.44. The van der Waals surface area contributed by atoms with Gasteiger partial charge in [-0.2, -0.15) is 0 Å². The van der Waals surface area contributed by atoms with Crippen LogP contribution in [0, 0.1) is 5.92 Å². The molecule has 0 radical (unpaired) electrons. The number of aromatic nitrogens is 2. The van der Waals surface area contributed by atoms with Gasteiger partial charge in [0.25, 0.3) is 0 Å². The number of carbonyl (C=O) groups excluding carboxylic acids is 1. The highest BCUT2D eigenvalue weighted by molar-refractivity contribution is 5.73. The Kier molecular flexibility index (Phi) is 6.31. The molecule has 0 spiro atoms. The number of carbonyl (C=O) groups is 1. The Balaban J connectivity index is 1.85. The normalized spacial score (nSPS) is 12.2. The van der Waals surface area contributed by atoms with Crippen LogP contribution in [0.25, 0.3) is 11.3 Å². The van der Waals surface area contributed by atoms with Crippen molar-refractivity contribution in [3.63, 3.8) is 0 Å². The number of rotatable bonds is 7. The highest BCUT2D eigenvalue weighted by Crippen LogP contribution is 2.18. The van der Waals surface area contributed by atoms with Crippen molar-refractivity contribution in [1.29, 1.82) is 0 Å². The summed E-state index contributed by atoms with van der Waals surface area (Å²) in [6.07, 6.45) is 3.41. The first-order valence-corrected chi connectivity index (χ1v) is 7.95. The lowest BCUT2D eigenvalue weighted by molar-refractivity contribution is 0.198. The van der Waals surface area contributed by atoms with Crippen LogP contribution in [0.4, 0.5) is 4.79 Å². The van der Waals surface area contributed by atoms with Gasteiger partial charge in [-0.15, -0.1) is 0 Å². The van der Waals surface area contributed by atoms with Crippen molar-refractivity contribution in [1.82, 2.24) is 25.3 Å². The Morgan fingerprint density at radius 2 is 2.00 bits per heavy atom. The van der Waals surface area contributed by atoms with Crippen LogP contribution in [0.5, 0.6) is 0 Å². The third kappa shape index (κ3) is 5.34. The van der Waals surface area contributed by atoms with Crippen LogP contribution in [0.3, 0.4) is 0 Å². The van der Waals surface area contributed by atoms with Crippen LogP contribution in [0.1, 0.15) is 12.7 Å². The molecule has 2 amide bonds. The van der Waals surface area contributed by atoms with Gasteiger partial charge >= 0.3 is 6.03 Å². The summed E-state index contributed by atoms with van der Waals surface area (Å²) in [5.41, 5.74) is 1.67. The summed E-state index contributed by atoms with van der Waals surface area (Å²) in [5.74, 6) is 1.03. The molecule has 1 atom stereocenters. The molecule has 0 aliphatic carbocycles. The monoisotopic (exact) mass is 331 g/mol. The van der Waals surface area contributed by atoms with Gasteiger partial charge < -0.3 is 19.6 Å². The van der Waals surface area contributed by atoms with Crippen LogP contribution in [0.2, 0.25) is 0 Å². The Bertz CT molecular complexity index is 641. The molecule has 0 aromatic carbocycles. The summed E-state index contributed by atoms with van der Waals surface area (Å²) >= 11 is 0. The predicted molar refractivity (Wildman–Crippen MR) is 92.3 cm³/mol. The predicted octanol–water partition coefficient (Wildman–Crippen LogP) is 2.08. The Morgan fingerprint density at radius 1 is 1.29 bits per heavy atom.